The Morgan fingerprint density at radius 1 is 1.29 bits per heavy atom. The Morgan fingerprint density at radius 3 is 2.62 bits per heavy atom. The van der Waals surface area contributed by atoms with Crippen LogP contribution in [-0.2, 0) is 6.42 Å². The van der Waals surface area contributed by atoms with Crippen LogP contribution in [0, 0.1) is 11.2 Å². The fourth-order valence-electron chi connectivity index (χ4n) is 3.50. The maximum atomic E-state index is 13.3. The Labute approximate surface area is 136 Å². The molecule has 1 aromatic rings. The molecular formula is C18H27BrFN. The second-order valence-electron chi connectivity index (χ2n) is 6.66. The van der Waals surface area contributed by atoms with Crippen LogP contribution >= 0.6 is 15.9 Å². The lowest BCUT2D eigenvalue weighted by Crippen LogP contribution is -2.46. The fourth-order valence-corrected chi connectivity index (χ4v) is 4.01. The minimum atomic E-state index is -0.174. The van der Waals surface area contributed by atoms with Crippen LogP contribution in [-0.4, -0.2) is 12.6 Å². The average Bonchev–Trinajstić information content (AvgIpc) is 2.46. The van der Waals surface area contributed by atoms with Gasteiger partial charge in [0.1, 0.15) is 5.82 Å². The van der Waals surface area contributed by atoms with E-state index in [1.54, 1.807) is 12.1 Å². The van der Waals surface area contributed by atoms with Crippen molar-refractivity contribution >= 4 is 15.9 Å². The molecule has 1 unspecified atom stereocenters. The molecule has 3 heteroatoms. The van der Waals surface area contributed by atoms with Crippen molar-refractivity contribution in [2.75, 3.05) is 6.54 Å². The van der Waals surface area contributed by atoms with Gasteiger partial charge >= 0.3 is 0 Å². The molecule has 0 amide bonds. The van der Waals surface area contributed by atoms with E-state index in [-0.39, 0.29) is 5.82 Å². The third-order valence-corrected chi connectivity index (χ3v) is 5.66. The third-order valence-electron chi connectivity index (χ3n) is 4.92. The summed E-state index contributed by atoms with van der Waals surface area (Å²) in [5.74, 6) is -0.174. The Kier molecular flexibility index (Phi) is 6.24. The zero-order valence-electron chi connectivity index (χ0n) is 13.2. The molecule has 1 nitrogen and oxygen atoms in total. The predicted octanol–water partition coefficient (Wildman–Crippen LogP) is 5.47. The topological polar surface area (TPSA) is 12.0 Å². The number of rotatable bonds is 6. The smallest absolute Gasteiger partial charge is 0.124 e. The highest BCUT2D eigenvalue weighted by molar-refractivity contribution is 9.10. The van der Waals surface area contributed by atoms with Crippen LogP contribution in [0.4, 0.5) is 4.39 Å². The summed E-state index contributed by atoms with van der Waals surface area (Å²) in [4.78, 5) is 0. The van der Waals surface area contributed by atoms with Gasteiger partial charge in [0, 0.05) is 10.5 Å². The Balaban J connectivity index is 2.15. The molecule has 1 fully saturated rings. The van der Waals surface area contributed by atoms with E-state index in [2.05, 4.69) is 35.1 Å². The first-order chi connectivity index (χ1) is 10.0. The molecule has 1 saturated carbocycles. The Hall–Kier alpha value is -0.410. The maximum absolute atomic E-state index is 13.3. The van der Waals surface area contributed by atoms with Gasteiger partial charge in [-0.2, -0.15) is 0 Å². The third kappa shape index (κ3) is 4.53. The highest BCUT2D eigenvalue weighted by Gasteiger charge is 2.35. The molecule has 1 aliphatic rings. The molecule has 2 rings (SSSR count). The Bertz CT molecular complexity index is 455. The van der Waals surface area contributed by atoms with Gasteiger partial charge in [-0.05, 0) is 55.3 Å². The maximum Gasteiger partial charge on any atom is 0.124 e. The van der Waals surface area contributed by atoms with Gasteiger partial charge in [0.25, 0.3) is 0 Å². The van der Waals surface area contributed by atoms with Crippen LogP contribution < -0.4 is 5.32 Å². The second-order valence-corrected chi connectivity index (χ2v) is 7.52. The summed E-state index contributed by atoms with van der Waals surface area (Å²) in [6.45, 7) is 5.69. The minimum absolute atomic E-state index is 0.174. The summed E-state index contributed by atoms with van der Waals surface area (Å²) >= 11 is 3.52. The lowest BCUT2D eigenvalue weighted by molar-refractivity contribution is 0.143. The molecule has 0 heterocycles. The number of hydrogen-bond donors (Lipinski definition) is 1. The molecular weight excluding hydrogens is 329 g/mol. The van der Waals surface area contributed by atoms with E-state index < -0.39 is 0 Å². The van der Waals surface area contributed by atoms with Crippen molar-refractivity contribution < 1.29 is 4.39 Å². The van der Waals surface area contributed by atoms with Crippen molar-refractivity contribution in [1.29, 1.82) is 0 Å². The van der Waals surface area contributed by atoms with Crippen molar-refractivity contribution in [2.24, 2.45) is 5.41 Å². The van der Waals surface area contributed by atoms with Gasteiger partial charge in [0.2, 0.25) is 0 Å². The van der Waals surface area contributed by atoms with E-state index in [4.69, 9.17) is 0 Å². The van der Waals surface area contributed by atoms with Crippen molar-refractivity contribution in [1.82, 2.24) is 5.32 Å². The first-order valence-corrected chi connectivity index (χ1v) is 9.02. The zero-order chi connectivity index (χ0) is 15.3. The lowest BCUT2D eigenvalue weighted by Gasteiger charge is -2.41. The normalized spacial score (nSPS) is 19.4. The van der Waals surface area contributed by atoms with Crippen LogP contribution in [0.5, 0.6) is 0 Å². The average molecular weight is 356 g/mol. The molecule has 0 radical (unpaired) electrons. The first kappa shape index (κ1) is 17.0. The van der Waals surface area contributed by atoms with Crippen molar-refractivity contribution in [3.8, 4) is 0 Å². The van der Waals surface area contributed by atoms with Crippen LogP contribution in [0.1, 0.15) is 57.9 Å². The predicted molar refractivity (Wildman–Crippen MR) is 91.1 cm³/mol. The van der Waals surface area contributed by atoms with Crippen LogP contribution in [0.3, 0.4) is 0 Å². The van der Waals surface area contributed by atoms with Gasteiger partial charge < -0.3 is 5.32 Å². The van der Waals surface area contributed by atoms with Crippen molar-refractivity contribution in [3.63, 3.8) is 0 Å². The Morgan fingerprint density at radius 2 is 2.00 bits per heavy atom. The quantitative estimate of drug-likeness (QED) is 0.713. The largest absolute Gasteiger partial charge is 0.313 e. The fraction of sp³-hybridized carbons (Fsp3) is 0.667. The molecule has 1 N–H and O–H groups in total. The van der Waals surface area contributed by atoms with Crippen molar-refractivity contribution in [2.45, 2.75) is 64.8 Å². The van der Waals surface area contributed by atoms with Crippen LogP contribution in [0.15, 0.2) is 22.7 Å². The van der Waals surface area contributed by atoms with Gasteiger partial charge in [-0.25, -0.2) is 4.39 Å². The molecule has 21 heavy (non-hydrogen) atoms. The number of nitrogens with one attached hydrogen (secondary N) is 1. The standard InChI is InChI=1S/C18H27BrFN/c1-3-11-21-17(18(2)9-5-4-6-10-18)12-14-7-8-15(20)13-16(14)19/h7-8,13,17,21H,3-6,9-12H2,1-2H3. The van der Waals surface area contributed by atoms with E-state index >= 15 is 0 Å². The number of halogens is 2. The van der Waals surface area contributed by atoms with E-state index in [1.807, 2.05) is 6.07 Å². The number of benzene rings is 1. The molecule has 1 atom stereocenters. The van der Waals surface area contributed by atoms with Gasteiger partial charge in [-0.1, -0.05) is 55.1 Å². The monoisotopic (exact) mass is 355 g/mol. The van der Waals surface area contributed by atoms with Gasteiger partial charge in [-0.3, -0.25) is 0 Å². The highest BCUT2D eigenvalue weighted by Crippen LogP contribution is 2.40. The molecule has 0 bridgehead atoms. The molecule has 0 aliphatic heterocycles. The first-order valence-electron chi connectivity index (χ1n) is 8.22. The molecule has 0 aromatic heterocycles. The second kappa shape index (κ2) is 7.73. The summed E-state index contributed by atoms with van der Waals surface area (Å²) in [5.41, 5.74) is 1.57. The lowest BCUT2D eigenvalue weighted by atomic mass is 9.69. The summed E-state index contributed by atoms with van der Waals surface area (Å²) in [6, 6.07) is 5.54. The molecule has 1 aliphatic carbocycles. The molecule has 0 saturated heterocycles. The summed E-state index contributed by atoms with van der Waals surface area (Å²) in [5, 5.41) is 3.76. The van der Waals surface area contributed by atoms with E-state index in [0.717, 1.165) is 23.9 Å². The van der Waals surface area contributed by atoms with Crippen molar-refractivity contribution in [3.05, 3.63) is 34.1 Å². The molecule has 118 valence electrons. The SMILES string of the molecule is CCCNC(Cc1ccc(F)cc1Br)C1(C)CCCCC1. The number of hydrogen-bond acceptors (Lipinski definition) is 1. The van der Waals surface area contributed by atoms with E-state index in [1.165, 1.54) is 37.7 Å². The van der Waals surface area contributed by atoms with Gasteiger partial charge in [0.15, 0.2) is 0 Å². The molecule has 1 aromatic carbocycles. The minimum Gasteiger partial charge on any atom is -0.313 e. The van der Waals surface area contributed by atoms with Crippen LogP contribution in [0.25, 0.3) is 0 Å². The van der Waals surface area contributed by atoms with E-state index in [9.17, 15) is 4.39 Å². The molecule has 0 spiro atoms. The summed E-state index contributed by atoms with van der Waals surface area (Å²) < 4.78 is 14.2. The van der Waals surface area contributed by atoms with Gasteiger partial charge in [0.05, 0.1) is 0 Å². The van der Waals surface area contributed by atoms with Gasteiger partial charge in [-0.15, -0.1) is 0 Å². The highest BCUT2D eigenvalue weighted by atomic mass is 79.9. The summed E-state index contributed by atoms with van der Waals surface area (Å²) in [6.07, 6.45) is 8.77. The van der Waals surface area contributed by atoms with Crippen LogP contribution in [0.2, 0.25) is 0 Å². The zero-order valence-corrected chi connectivity index (χ0v) is 14.8. The van der Waals surface area contributed by atoms with E-state index in [0.29, 0.717) is 11.5 Å². The summed E-state index contributed by atoms with van der Waals surface area (Å²) in [7, 11) is 0.